The van der Waals surface area contributed by atoms with Crippen molar-refractivity contribution in [1.29, 1.82) is 0 Å². The van der Waals surface area contributed by atoms with Crippen LogP contribution in [-0.4, -0.2) is 19.1 Å². The van der Waals surface area contributed by atoms with Crippen LogP contribution in [-0.2, 0) is 6.54 Å². The lowest BCUT2D eigenvalue weighted by molar-refractivity contribution is 0.527. The fraction of sp³-hybridized carbons (Fsp3) is 0.455. The first-order chi connectivity index (χ1) is 6.86. The summed E-state index contributed by atoms with van der Waals surface area (Å²) in [5.41, 5.74) is 0.749. The maximum absolute atomic E-state index is 13.2. The summed E-state index contributed by atoms with van der Waals surface area (Å²) < 4.78 is 13.2. The second-order valence-corrected chi connectivity index (χ2v) is 3.66. The smallest absolute Gasteiger partial charge is 0.127 e. The fourth-order valence-electron chi connectivity index (χ4n) is 1.72. The van der Waals surface area contributed by atoms with Crippen LogP contribution in [0.1, 0.15) is 12.0 Å². The van der Waals surface area contributed by atoms with Gasteiger partial charge >= 0.3 is 0 Å². The fourth-order valence-corrected chi connectivity index (χ4v) is 1.72. The molecule has 1 fully saturated rings. The second kappa shape index (κ2) is 6.05. The van der Waals surface area contributed by atoms with Gasteiger partial charge in [-0.05, 0) is 19.0 Å². The quantitative estimate of drug-likeness (QED) is 0.826. The summed E-state index contributed by atoms with van der Waals surface area (Å²) in [6, 6.07) is 7.41. The molecule has 1 aromatic rings. The van der Waals surface area contributed by atoms with Gasteiger partial charge in [0.25, 0.3) is 0 Å². The predicted octanol–water partition coefficient (Wildman–Crippen LogP) is 1.70. The van der Waals surface area contributed by atoms with Gasteiger partial charge in [0.05, 0.1) is 0 Å². The molecule has 0 amide bonds. The molecule has 0 saturated carbocycles. The third-order valence-corrected chi connectivity index (χ3v) is 2.60. The molecule has 0 aliphatic carbocycles. The number of benzene rings is 1. The van der Waals surface area contributed by atoms with Gasteiger partial charge in [-0.15, -0.1) is 12.4 Å². The minimum absolute atomic E-state index is 0. The molecule has 0 unspecified atom stereocenters. The van der Waals surface area contributed by atoms with Gasteiger partial charge in [-0.1, -0.05) is 18.2 Å². The minimum atomic E-state index is -0.119. The molecule has 0 radical (unpaired) electrons. The molecular weight excluding hydrogens is 215 g/mol. The van der Waals surface area contributed by atoms with Crippen LogP contribution in [0.25, 0.3) is 0 Å². The van der Waals surface area contributed by atoms with Crippen molar-refractivity contribution in [3.63, 3.8) is 0 Å². The summed E-state index contributed by atoms with van der Waals surface area (Å²) in [6.45, 7) is 2.68. The number of rotatable bonds is 3. The standard InChI is InChI=1S/C11H15FN2.ClH/c12-11-4-2-1-3-9(11)7-14-10-5-6-13-8-10;/h1-4,10,13-14H,5-8H2;1H/t10-;/m0./s1. The SMILES string of the molecule is Cl.Fc1ccccc1CN[C@H]1CCNC1. The van der Waals surface area contributed by atoms with Crippen molar-refractivity contribution in [3.05, 3.63) is 35.6 Å². The van der Waals surface area contributed by atoms with E-state index < -0.39 is 0 Å². The van der Waals surface area contributed by atoms with E-state index in [1.54, 1.807) is 6.07 Å². The van der Waals surface area contributed by atoms with Gasteiger partial charge in [-0.25, -0.2) is 4.39 Å². The van der Waals surface area contributed by atoms with E-state index in [4.69, 9.17) is 0 Å². The van der Waals surface area contributed by atoms with Gasteiger partial charge in [0, 0.05) is 24.7 Å². The first kappa shape index (κ1) is 12.4. The average molecular weight is 231 g/mol. The molecule has 1 aliphatic heterocycles. The number of nitrogens with one attached hydrogen (secondary N) is 2. The molecule has 1 heterocycles. The second-order valence-electron chi connectivity index (χ2n) is 3.66. The van der Waals surface area contributed by atoms with Gasteiger partial charge < -0.3 is 10.6 Å². The van der Waals surface area contributed by atoms with E-state index in [2.05, 4.69) is 10.6 Å². The van der Waals surface area contributed by atoms with Crippen LogP contribution in [0.3, 0.4) is 0 Å². The first-order valence-electron chi connectivity index (χ1n) is 5.04. The Kier molecular flexibility index (Phi) is 5.02. The Balaban J connectivity index is 0.00000112. The van der Waals surface area contributed by atoms with E-state index in [1.807, 2.05) is 12.1 Å². The number of hydrogen-bond donors (Lipinski definition) is 2. The van der Waals surface area contributed by atoms with Gasteiger partial charge in [0.1, 0.15) is 5.82 Å². The van der Waals surface area contributed by atoms with Gasteiger partial charge in [-0.3, -0.25) is 0 Å². The topological polar surface area (TPSA) is 24.1 Å². The highest BCUT2D eigenvalue weighted by atomic mass is 35.5. The zero-order valence-electron chi connectivity index (χ0n) is 8.50. The first-order valence-corrected chi connectivity index (χ1v) is 5.04. The Morgan fingerprint density at radius 1 is 1.40 bits per heavy atom. The summed E-state index contributed by atoms with van der Waals surface area (Å²) in [6.07, 6.45) is 1.13. The maximum atomic E-state index is 13.2. The lowest BCUT2D eigenvalue weighted by Gasteiger charge is -2.11. The van der Waals surface area contributed by atoms with Gasteiger partial charge in [-0.2, -0.15) is 0 Å². The molecule has 0 bridgehead atoms. The molecule has 1 aliphatic rings. The molecule has 4 heteroatoms. The predicted molar refractivity (Wildman–Crippen MR) is 61.8 cm³/mol. The Hall–Kier alpha value is -0.640. The van der Waals surface area contributed by atoms with Crippen LogP contribution in [0.2, 0.25) is 0 Å². The zero-order valence-corrected chi connectivity index (χ0v) is 9.32. The van der Waals surface area contributed by atoms with E-state index in [0.717, 1.165) is 25.1 Å². The lowest BCUT2D eigenvalue weighted by atomic mass is 10.2. The van der Waals surface area contributed by atoms with E-state index in [0.29, 0.717) is 12.6 Å². The van der Waals surface area contributed by atoms with Crippen LogP contribution in [0.5, 0.6) is 0 Å². The van der Waals surface area contributed by atoms with Crippen LogP contribution < -0.4 is 10.6 Å². The van der Waals surface area contributed by atoms with Gasteiger partial charge in [0.15, 0.2) is 0 Å². The zero-order chi connectivity index (χ0) is 9.80. The molecular formula is C11H16ClFN2. The maximum Gasteiger partial charge on any atom is 0.127 e. The largest absolute Gasteiger partial charge is 0.315 e. The van der Waals surface area contributed by atoms with Gasteiger partial charge in [0.2, 0.25) is 0 Å². The number of hydrogen-bond acceptors (Lipinski definition) is 2. The molecule has 0 spiro atoms. The minimum Gasteiger partial charge on any atom is -0.315 e. The van der Waals surface area contributed by atoms with Crippen LogP contribution in [0.15, 0.2) is 24.3 Å². The average Bonchev–Trinajstić information content (AvgIpc) is 2.69. The third kappa shape index (κ3) is 3.45. The van der Waals surface area contributed by atoms with Crippen molar-refractivity contribution < 1.29 is 4.39 Å². The van der Waals surface area contributed by atoms with E-state index >= 15 is 0 Å². The van der Waals surface area contributed by atoms with Crippen molar-refractivity contribution in [2.75, 3.05) is 13.1 Å². The molecule has 2 nitrogen and oxygen atoms in total. The Morgan fingerprint density at radius 2 is 2.20 bits per heavy atom. The molecule has 1 saturated heterocycles. The van der Waals surface area contributed by atoms with E-state index in [1.165, 1.54) is 6.07 Å². The van der Waals surface area contributed by atoms with E-state index in [-0.39, 0.29) is 18.2 Å². The molecule has 1 aromatic carbocycles. The van der Waals surface area contributed by atoms with Crippen molar-refractivity contribution in [2.24, 2.45) is 0 Å². The van der Waals surface area contributed by atoms with E-state index in [9.17, 15) is 4.39 Å². The number of halogens is 2. The summed E-state index contributed by atoms with van der Waals surface area (Å²) in [4.78, 5) is 0. The van der Waals surface area contributed by atoms with Crippen molar-refractivity contribution in [3.8, 4) is 0 Å². The Bertz CT molecular complexity index is 300. The summed E-state index contributed by atoms with van der Waals surface area (Å²) in [7, 11) is 0. The summed E-state index contributed by atoms with van der Waals surface area (Å²) in [5.74, 6) is -0.119. The van der Waals surface area contributed by atoms with Crippen LogP contribution >= 0.6 is 12.4 Å². The molecule has 0 aromatic heterocycles. The van der Waals surface area contributed by atoms with Crippen molar-refractivity contribution >= 4 is 12.4 Å². The Labute approximate surface area is 95.7 Å². The molecule has 15 heavy (non-hydrogen) atoms. The molecule has 2 N–H and O–H groups in total. The third-order valence-electron chi connectivity index (χ3n) is 2.60. The highest BCUT2D eigenvalue weighted by Crippen LogP contribution is 2.07. The molecule has 1 atom stereocenters. The van der Waals surface area contributed by atoms with Crippen molar-refractivity contribution in [2.45, 2.75) is 19.0 Å². The Morgan fingerprint density at radius 3 is 2.87 bits per heavy atom. The molecule has 2 rings (SSSR count). The van der Waals surface area contributed by atoms with Crippen LogP contribution in [0.4, 0.5) is 4.39 Å². The normalized spacial score (nSPS) is 19.9. The lowest BCUT2D eigenvalue weighted by Crippen LogP contribution is -2.30. The molecule has 84 valence electrons. The summed E-state index contributed by atoms with van der Waals surface area (Å²) >= 11 is 0. The highest BCUT2D eigenvalue weighted by Gasteiger charge is 2.13. The van der Waals surface area contributed by atoms with Crippen LogP contribution in [0, 0.1) is 5.82 Å². The van der Waals surface area contributed by atoms with Crippen molar-refractivity contribution in [1.82, 2.24) is 10.6 Å². The highest BCUT2D eigenvalue weighted by molar-refractivity contribution is 5.85. The monoisotopic (exact) mass is 230 g/mol. The summed E-state index contributed by atoms with van der Waals surface area (Å²) in [5, 5.41) is 6.60.